The van der Waals surface area contributed by atoms with Crippen LogP contribution in [-0.4, -0.2) is 18.5 Å². The largest absolute Gasteiger partial charge is 0.464 e. The van der Waals surface area contributed by atoms with Crippen molar-refractivity contribution in [3.63, 3.8) is 0 Å². The molecular weight excluding hydrogens is 220 g/mol. The third kappa shape index (κ3) is 1.65. The van der Waals surface area contributed by atoms with Crippen LogP contribution in [0.1, 0.15) is 6.42 Å². The van der Waals surface area contributed by atoms with Gasteiger partial charge in [-0.2, -0.15) is 0 Å². The minimum Gasteiger partial charge on any atom is -0.464 e. The monoisotopic (exact) mass is 230 g/mol. The molecule has 86 valence electrons. The Labute approximate surface area is 97.0 Å². The number of nitrogens with zero attached hydrogens (tertiary/aromatic N) is 1. The molecule has 0 radical (unpaired) electrons. The van der Waals surface area contributed by atoms with E-state index in [1.54, 1.807) is 12.3 Å². The number of fused-ring (bicyclic) bond motifs is 1. The zero-order valence-electron chi connectivity index (χ0n) is 8.97. The number of carbonyl (C=O) groups is 2. The summed E-state index contributed by atoms with van der Waals surface area (Å²) in [6, 6.07) is 7.00. The van der Waals surface area contributed by atoms with Crippen LogP contribution in [0.15, 0.2) is 34.9 Å². The van der Waals surface area contributed by atoms with Crippen molar-refractivity contribution in [3.05, 3.63) is 30.5 Å². The van der Waals surface area contributed by atoms with Crippen molar-refractivity contribution in [1.82, 2.24) is 5.32 Å². The van der Waals surface area contributed by atoms with Crippen LogP contribution >= 0.6 is 0 Å². The number of benzene rings is 1. The minimum absolute atomic E-state index is 0.231. The predicted octanol–water partition coefficient (Wildman–Crippen LogP) is 1.88. The van der Waals surface area contributed by atoms with Crippen molar-refractivity contribution in [2.45, 2.75) is 6.42 Å². The second kappa shape index (κ2) is 3.62. The lowest BCUT2D eigenvalue weighted by atomic mass is 10.2. The summed E-state index contributed by atoms with van der Waals surface area (Å²) in [4.78, 5) is 24.2. The first-order chi connectivity index (χ1) is 8.24. The Morgan fingerprint density at radius 1 is 1.24 bits per heavy atom. The third-order valence-corrected chi connectivity index (χ3v) is 2.81. The number of rotatable bonds is 1. The highest BCUT2D eigenvalue weighted by Crippen LogP contribution is 2.24. The SMILES string of the molecule is O=C1CCN(c2ccc3ccoc3c2)C(=O)N1. The second-order valence-electron chi connectivity index (χ2n) is 3.90. The summed E-state index contributed by atoms with van der Waals surface area (Å²) < 4.78 is 5.28. The molecule has 0 spiro atoms. The van der Waals surface area contributed by atoms with E-state index in [2.05, 4.69) is 5.32 Å². The van der Waals surface area contributed by atoms with Gasteiger partial charge < -0.3 is 4.42 Å². The van der Waals surface area contributed by atoms with Gasteiger partial charge in [-0.05, 0) is 18.2 Å². The smallest absolute Gasteiger partial charge is 0.328 e. The fraction of sp³-hybridized carbons (Fsp3) is 0.167. The molecule has 1 aliphatic rings. The highest BCUT2D eigenvalue weighted by molar-refractivity contribution is 6.06. The number of urea groups is 1. The summed E-state index contributed by atoms with van der Waals surface area (Å²) in [5.74, 6) is -0.231. The molecule has 0 bridgehead atoms. The topological polar surface area (TPSA) is 62.6 Å². The molecule has 1 aromatic heterocycles. The highest BCUT2D eigenvalue weighted by atomic mass is 16.3. The van der Waals surface area contributed by atoms with Gasteiger partial charge in [0.2, 0.25) is 5.91 Å². The van der Waals surface area contributed by atoms with E-state index in [4.69, 9.17) is 4.42 Å². The van der Waals surface area contributed by atoms with Crippen LogP contribution in [0.25, 0.3) is 11.0 Å². The van der Waals surface area contributed by atoms with E-state index in [0.29, 0.717) is 13.0 Å². The molecule has 1 aromatic carbocycles. The molecule has 2 heterocycles. The number of carbonyl (C=O) groups excluding carboxylic acids is 2. The van der Waals surface area contributed by atoms with Crippen LogP contribution < -0.4 is 10.2 Å². The van der Waals surface area contributed by atoms with E-state index in [-0.39, 0.29) is 11.9 Å². The number of imide groups is 1. The van der Waals surface area contributed by atoms with Crippen molar-refractivity contribution < 1.29 is 14.0 Å². The van der Waals surface area contributed by atoms with Crippen molar-refractivity contribution in [2.24, 2.45) is 0 Å². The van der Waals surface area contributed by atoms with Gasteiger partial charge in [0.1, 0.15) is 5.58 Å². The minimum atomic E-state index is -0.382. The van der Waals surface area contributed by atoms with Crippen LogP contribution in [0.4, 0.5) is 10.5 Å². The van der Waals surface area contributed by atoms with Crippen LogP contribution in [0.2, 0.25) is 0 Å². The Balaban J connectivity index is 1.97. The van der Waals surface area contributed by atoms with Gasteiger partial charge in [-0.3, -0.25) is 15.0 Å². The first-order valence-corrected chi connectivity index (χ1v) is 5.33. The summed E-state index contributed by atoms with van der Waals surface area (Å²) in [5, 5.41) is 3.28. The van der Waals surface area contributed by atoms with Gasteiger partial charge in [0.25, 0.3) is 0 Å². The van der Waals surface area contributed by atoms with Gasteiger partial charge in [0.05, 0.1) is 6.26 Å². The van der Waals surface area contributed by atoms with E-state index in [9.17, 15) is 9.59 Å². The Morgan fingerprint density at radius 2 is 2.12 bits per heavy atom. The molecule has 5 heteroatoms. The molecule has 1 saturated heterocycles. The first kappa shape index (κ1) is 9.89. The standard InChI is InChI=1S/C12H10N2O3/c15-11-3-5-14(12(16)13-11)9-2-1-8-4-6-17-10(8)7-9/h1-2,4,6-7H,3,5H2,(H,13,15,16). The van der Waals surface area contributed by atoms with Crippen LogP contribution in [0.3, 0.4) is 0 Å². The fourth-order valence-electron chi connectivity index (χ4n) is 1.92. The van der Waals surface area contributed by atoms with E-state index >= 15 is 0 Å². The van der Waals surface area contributed by atoms with Gasteiger partial charge in [-0.25, -0.2) is 4.79 Å². The van der Waals surface area contributed by atoms with Gasteiger partial charge >= 0.3 is 6.03 Å². The number of nitrogens with one attached hydrogen (secondary N) is 1. The van der Waals surface area contributed by atoms with E-state index in [0.717, 1.165) is 16.7 Å². The van der Waals surface area contributed by atoms with Crippen LogP contribution in [-0.2, 0) is 4.79 Å². The first-order valence-electron chi connectivity index (χ1n) is 5.33. The Hall–Kier alpha value is -2.30. The Kier molecular flexibility index (Phi) is 2.11. The molecular formula is C12H10N2O3. The Morgan fingerprint density at radius 3 is 2.94 bits per heavy atom. The lowest BCUT2D eigenvalue weighted by molar-refractivity contribution is -0.120. The zero-order valence-corrected chi connectivity index (χ0v) is 8.97. The average molecular weight is 230 g/mol. The number of hydrogen-bond acceptors (Lipinski definition) is 3. The fourth-order valence-corrected chi connectivity index (χ4v) is 1.92. The number of amides is 3. The van der Waals surface area contributed by atoms with Gasteiger partial charge in [-0.15, -0.1) is 0 Å². The van der Waals surface area contributed by atoms with Crippen molar-refractivity contribution in [1.29, 1.82) is 0 Å². The number of hydrogen-bond donors (Lipinski definition) is 1. The van der Waals surface area contributed by atoms with Crippen LogP contribution in [0, 0.1) is 0 Å². The Bertz CT molecular complexity index is 603. The third-order valence-electron chi connectivity index (χ3n) is 2.81. The number of anilines is 1. The lowest BCUT2D eigenvalue weighted by Crippen LogP contribution is -2.49. The molecule has 5 nitrogen and oxygen atoms in total. The van der Waals surface area contributed by atoms with Crippen molar-refractivity contribution in [2.75, 3.05) is 11.4 Å². The molecule has 0 unspecified atom stereocenters. The second-order valence-corrected chi connectivity index (χ2v) is 3.90. The maximum atomic E-state index is 11.6. The highest BCUT2D eigenvalue weighted by Gasteiger charge is 2.24. The molecule has 2 aromatic rings. The van der Waals surface area contributed by atoms with Gasteiger partial charge in [0.15, 0.2) is 0 Å². The summed E-state index contributed by atoms with van der Waals surface area (Å²) in [6.07, 6.45) is 1.93. The molecule has 3 amide bonds. The van der Waals surface area contributed by atoms with Gasteiger partial charge in [0, 0.05) is 30.1 Å². The van der Waals surface area contributed by atoms with Crippen molar-refractivity contribution in [3.8, 4) is 0 Å². The maximum Gasteiger partial charge on any atom is 0.328 e. The summed E-state index contributed by atoms with van der Waals surface area (Å²) in [6.45, 7) is 0.400. The molecule has 17 heavy (non-hydrogen) atoms. The molecule has 1 aliphatic heterocycles. The zero-order chi connectivity index (χ0) is 11.8. The van der Waals surface area contributed by atoms with E-state index in [1.165, 1.54) is 4.90 Å². The lowest BCUT2D eigenvalue weighted by Gasteiger charge is -2.26. The molecule has 3 rings (SSSR count). The van der Waals surface area contributed by atoms with Crippen LogP contribution in [0.5, 0.6) is 0 Å². The quantitative estimate of drug-likeness (QED) is 0.813. The normalized spacial score (nSPS) is 16.4. The number of furan rings is 1. The average Bonchev–Trinajstić information content (AvgIpc) is 2.75. The van der Waals surface area contributed by atoms with E-state index < -0.39 is 0 Å². The molecule has 1 fully saturated rings. The van der Waals surface area contributed by atoms with Crippen molar-refractivity contribution >= 4 is 28.6 Å². The predicted molar refractivity (Wildman–Crippen MR) is 61.7 cm³/mol. The molecule has 1 N–H and O–H groups in total. The molecule has 0 aliphatic carbocycles. The summed E-state index contributed by atoms with van der Waals surface area (Å²) in [5.41, 5.74) is 1.46. The summed E-state index contributed by atoms with van der Waals surface area (Å²) >= 11 is 0. The molecule has 0 atom stereocenters. The van der Waals surface area contributed by atoms with Gasteiger partial charge in [-0.1, -0.05) is 0 Å². The molecule has 0 saturated carbocycles. The van der Waals surface area contributed by atoms with E-state index in [1.807, 2.05) is 18.2 Å². The maximum absolute atomic E-state index is 11.6. The summed E-state index contributed by atoms with van der Waals surface area (Å²) in [7, 11) is 0.